The topological polar surface area (TPSA) is 83.8 Å². The Morgan fingerprint density at radius 3 is 2.13 bits per heavy atom. The monoisotopic (exact) mass is 478 g/mol. The summed E-state index contributed by atoms with van der Waals surface area (Å²) >= 11 is 0. The molecule has 0 heterocycles. The largest absolute Gasteiger partial charge is 0.460 e. The molecular weight excluding hydrogens is 456 g/mol. The van der Waals surface area contributed by atoms with Crippen molar-refractivity contribution >= 4 is 10.1 Å². The van der Waals surface area contributed by atoms with Crippen LogP contribution in [0.5, 0.6) is 0 Å². The number of fused-ring (bicyclic) bond motifs is 2. The van der Waals surface area contributed by atoms with Gasteiger partial charge in [-0.05, 0) is 50.4 Å². The van der Waals surface area contributed by atoms with Gasteiger partial charge in [0.1, 0.15) is 0 Å². The van der Waals surface area contributed by atoms with Gasteiger partial charge in [-0.1, -0.05) is 12.8 Å². The van der Waals surface area contributed by atoms with Gasteiger partial charge in [-0.15, -0.1) is 0 Å². The van der Waals surface area contributed by atoms with Crippen LogP contribution < -0.4 is 0 Å². The lowest BCUT2D eigenvalue weighted by Gasteiger charge is -2.51. The van der Waals surface area contributed by atoms with Gasteiger partial charge in [-0.3, -0.25) is 4.55 Å². The lowest BCUT2D eigenvalue weighted by molar-refractivity contribution is -0.457. The molecule has 0 spiro atoms. The van der Waals surface area contributed by atoms with E-state index < -0.39 is 57.4 Å². The van der Waals surface area contributed by atoms with Gasteiger partial charge in [0.25, 0.3) is 0 Å². The number of hydrogen-bond donors (Lipinski definition) is 2. The summed E-state index contributed by atoms with van der Waals surface area (Å²) in [6.45, 7) is 1.48. The normalized spacial score (nSPS) is 31.6. The molecule has 2 bridgehead atoms. The van der Waals surface area contributed by atoms with E-state index in [4.69, 9.17) is 4.55 Å². The zero-order valence-corrected chi connectivity index (χ0v) is 16.6. The van der Waals surface area contributed by atoms with Crippen LogP contribution in [0.15, 0.2) is 0 Å². The number of halogens is 8. The maximum absolute atomic E-state index is 14.1. The second-order valence-corrected chi connectivity index (χ2v) is 10.1. The molecule has 178 valence electrons. The van der Waals surface area contributed by atoms with Crippen molar-refractivity contribution in [1.82, 2.24) is 0 Å². The van der Waals surface area contributed by atoms with Gasteiger partial charge in [-0.25, -0.2) is 4.74 Å². The average molecular weight is 478 g/mol. The van der Waals surface area contributed by atoms with Crippen molar-refractivity contribution in [2.75, 3.05) is 0 Å². The maximum Gasteiger partial charge on any atom is 0.460 e. The lowest BCUT2D eigenvalue weighted by atomic mass is 9.56. The first-order valence-electron chi connectivity index (χ1n) is 9.06. The van der Waals surface area contributed by atoms with E-state index in [0.29, 0.717) is 32.1 Å². The lowest BCUT2D eigenvalue weighted by Crippen LogP contribution is -2.56. The molecule has 0 aromatic carbocycles. The molecule has 2 rings (SSSR count). The van der Waals surface area contributed by atoms with Crippen molar-refractivity contribution in [1.29, 1.82) is 0 Å². The predicted molar refractivity (Wildman–Crippen MR) is 85.9 cm³/mol. The molecule has 2 aliphatic carbocycles. The molecule has 2 saturated carbocycles. The summed E-state index contributed by atoms with van der Waals surface area (Å²) < 4.78 is 139. The van der Waals surface area contributed by atoms with Crippen molar-refractivity contribution in [2.45, 2.75) is 87.3 Å². The van der Waals surface area contributed by atoms with Crippen molar-refractivity contribution in [3.63, 3.8) is 0 Å². The zero-order chi connectivity index (χ0) is 23.4. The van der Waals surface area contributed by atoms with Crippen molar-refractivity contribution in [2.24, 2.45) is 11.3 Å². The Hall–Kier alpha value is -0.730. The van der Waals surface area contributed by atoms with Crippen LogP contribution in [0.1, 0.15) is 58.3 Å². The van der Waals surface area contributed by atoms with Gasteiger partial charge in [0.15, 0.2) is 0 Å². The van der Waals surface area contributed by atoms with Gasteiger partial charge in [0.2, 0.25) is 0 Å². The highest BCUT2D eigenvalue weighted by atomic mass is 32.2. The molecule has 2 aliphatic rings. The zero-order valence-electron chi connectivity index (χ0n) is 15.8. The molecule has 5 nitrogen and oxygen atoms in total. The van der Waals surface area contributed by atoms with Gasteiger partial charge >= 0.3 is 33.5 Å². The highest BCUT2D eigenvalue weighted by Gasteiger charge is 2.74. The summed E-state index contributed by atoms with van der Waals surface area (Å²) in [5.74, 6) is -5.39. The van der Waals surface area contributed by atoms with Gasteiger partial charge in [0, 0.05) is 6.42 Å². The number of alkyl halides is 8. The minimum atomic E-state index is -6.95. The Balaban J connectivity index is 2.17. The van der Waals surface area contributed by atoms with Crippen LogP contribution in [0.4, 0.5) is 35.1 Å². The van der Waals surface area contributed by atoms with Crippen LogP contribution >= 0.6 is 0 Å². The van der Waals surface area contributed by atoms with Crippen molar-refractivity contribution in [3.05, 3.63) is 0 Å². The minimum Gasteiger partial charge on any atom is -0.390 e. The van der Waals surface area contributed by atoms with E-state index >= 15 is 0 Å². The molecule has 3 atom stereocenters. The van der Waals surface area contributed by atoms with E-state index in [1.165, 1.54) is 6.92 Å². The van der Waals surface area contributed by atoms with E-state index in [-0.39, 0.29) is 12.3 Å². The number of ether oxygens (including phenoxy) is 1. The Morgan fingerprint density at radius 2 is 1.60 bits per heavy atom. The smallest absolute Gasteiger partial charge is 0.390 e. The molecule has 2 N–H and O–H groups in total. The molecule has 3 unspecified atom stereocenters. The summed E-state index contributed by atoms with van der Waals surface area (Å²) in [6, 6.07) is 0. The standard InChI is InChI=1S/C16H22F8O5S/c1-11(25)7-10-3-2-4-12(8-10,9-11)5-6-13(17,18)14(19,20)29-15(21,22)16(23,24)30(26,27)28/h10,25H,2-9H2,1H3,(H,26,27,28). The van der Waals surface area contributed by atoms with Crippen LogP contribution in [0, 0.1) is 11.3 Å². The molecule has 0 saturated heterocycles. The summed E-state index contributed by atoms with van der Waals surface area (Å²) in [7, 11) is -6.95. The number of rotatable bonds is 8. The SMILES string of the molecule is CC1(O)CC2CCCC(CCC(F)(F)C(F)(F)OC(F)(F)C(F)(F)S(=O)(=O)O)(C2)C1. The van der Waals surface area contributed by atoms with Crippen molar-refractivity contribution < 1.29 is 57.9 Å². The first kappa shape index (κ1) is 25.5. The number of hydrogen-bond acceptors (Lipinski definition) is 4. The molecule has 0 aromatic heterocycles. The molecule has 0 radical (unpaired) electrons. The first-order valence-corrected chi connectivity index (χ1v) is 10.5. The Bertz CT molecular complexity index is 755. The highest BCUT2D eigenvalue weighted by Crippen LogP contribution is 2.56. The fraction of sp³-hybridized carbons (Fsp3) is 1.00. The van der Waals surface area contributed by atoms with Crippen molar-refractivity contribution in [3.8, 4) is 0 Å². The van der Waals surface area contributed by atoms with E-state index in [1.807, 2.05) is 0 Å². The first-order chi connectivity index (χ1) is 13.2. The summed E-state index contributed by atoms with van der Waals surface area (Å²) in [5, 5.41) is 3.74. The summed E-state index contributed by atoms with van der Waals surface area (Å²) in [6.07, 6.45) is -12.7. The Labute approximate surface area is 167 Å². The van der Waals surface area contributed by atoms with Gasteiger partial charge in [-0.2, -0.15) is 43.5 Å². The van der Waals surface area contributed by atoms with Gasteiger partial charge < -0.3 is 5.11 Å². The molecule has 14 heteroatoms. The number of aliphatic hydroxyl groups is 1. The van der Waals surface area contributed by atoms with E-state index in [0.717, 1.165) is 0 Å². The Morgan fingerprint density at radius 1 is 1.03 bits per heavy atom. The minimum absolute atomic E-state index is 0.0225. The molecule has 0 aromatic rings. The summed E-state index contributed by atoms with van der Waals surface area (Å²) in [5.41, 5.74) is -2.17. The second kappa shape index (κ2) is 7.41. The predicted octanol–water partition coefficient (Wildman–Crippen LogP) is 4.81. The highest BCUT2D eigenvalue weighted by molar-refractivity contribution is 7.86. The van der Waals surface area contributed by atoms with Crippen LogP contribution in [-0.4, -0.2) is 47.1 Å². The van der Waals surface area contributed by atoms with Gasteiger partial charge in [0.05, 0.1) is 5.60 Å². The molecule has 0 aliphatic heterocycles. The quantitative estimate of drug-likeness (QED) is 0.387. The average Bonchev–Trinajstić information content (AvgIpc) is 2.49. The Kier molecular flexibility index (Phi) is 6.30. The third kappa shape index (κ3) is 4.85. The third-order valence-corrected chi connectivity index (χ3v) is 6.73. The molecule has 2 fully saturated rings. The van der Waals surface area contributed by atoms with E-state index in [9.17, 15) is 48.6 Å². The fourth-order valence-corrected chi connectivity index (χ4v) is 5.09. The second-order valence-electron chi connectivity index (χ2n) is 8.67. The van der Waals surface area contributed by atoms with Crippen LogP contribution in [-0.2, 0) is 14.9 Å². The van der Waals surface area contributed by atoms with Crippen LogP contribution in [0.25, 0.3) is 0 Å². The molecule has 0 amide bonds. The van der Waals surface area contributed by atoms with Crippen LogP contribution in [0.2, 0.25) is 0 Å². The van der Waals surface area contributed by atoms with E-state index in [2.05, 4.69) is 4.74 Å². The molecular formula is C16H22F8O5S. The van der Waals surface area contributed by atoms with Crippen LogP contribution in [0.3, 0.4) is 0 Å². The van der Waals surface area contributed by atoms with E-state index in [1.54, 1.807) is 0 Å². The summed E-state index contributed by atoms with van der Waals surface area (Å²) in [4.78, 5) is 0. The molecule has 30 heavy (non-hydrogen) atoms. The fourth-order valence-electron chi connectivity index (χ4n) is 4.75. The third-order valence-electron chi connectivity index (χ3n) is 5.84. The maximum atomic E-state index is 14.1.